The maximum atomic E-state index is 12.2. The third-order valence-corrected chi connectivity index (χ3v) is 3.62. The van der Waals surface area contributed by atoms with E-state index in [0.717, 1.165) is 32.1 Å². The molecule has 3 amide bonds. The summed E-state index contributed by atoms with van der Waals surface area (Å²) in [5, 5.41) is 20.4. The zero-order chi connectivity index (χ0) is 15.8. The van der Waals surface area contributed by atoms with E-state index < -0.39 is 30.4 Å². The highest BCUT2D eigenvalue weighted by molar-refractivity contribution is 5.87. The van der Waals surface area contributed by atoms with Crippen LogP contribution in [-0.4, -0.2) is 58.3 Å². The van der Waals surface area contributed by atoms with Gasteiger partial charge in [-0.25, -0.2) is 9.59 Å². The largest absolute Gasteiger partial charge is 0.480 e. The van der Waals surface area contributed by atoms with E-state index in [2.05, 4.69) is 5.32 Å². The van der Waals surface area contributed by atoms with Crippen molar-refractivity contribution in [3.05, 3.63) is 0 Å². The van der Waals surface area contributed by atoms with Gasteiger partial charge in [0.1, 0.15) is 6.04 Å². The van der Waals surface area contributed by atoms with Crippen LogP contribution in [0.4, 0.5) is 4.79 Å². The molecule has 0 radical (unpaired) electrons. The standard InChI is InChI=1S/C13H23N3O5/c14-11(18)8-10(12(19)20)15-13(21)16(6-7-17)9-4-2-1-3-5-9/h9-10,17H,1-8H2,(H2,14,18)(H,15,21)(H,19,20)/t10-/m0/s1. The number of hydrogen-bond donors (Lipinski definition) is 4. The zero-order valence-corrected chi connectivity index (χ0v) is 12.0. The van der Waals surface area contributed by atoms with Gasteiger partial charge in [-0.3, -0.25) is 4.79 Å². The highest BCUT2D eigenvalue weighted by Crippen LogP contribution is 2.22. The molecule has 0 spiro atoms. The minimum atomic E-state index is -1.35. The lowest BCUT2D eigenvalue weighted by Gasteiger charge is -2.34. The molecule has 1 aliphatic carbocycles. The molecule has 5 N–H and O–H groups in total. The summed E-state index contributed by atoms with van der Waals surface area (Å²) in [6, 6.07) is -1.93. The summed E-state index contributed by atoms with van der Waals surface area (Å²) in [4.78, 5) is 35.6. The van der Waals surface area contributed by atoms with E-state index in [1.165, 1.54) is 4.90 Å². The smallest absolute Gasteiger partial charge is 0.326 e. The molecule has 120 valence electrons. The molecular weight excluding hydrogens is 278 g/mol. The first-order valence-corrected chi connectivity index (χ1v) is 7.14. The minimum Gasteiger partial charge on any atom is -0.480 e. The number of nitrogens with one attached hydrogen (secondary N) is 1. The fraction of sp³-hybridized carbons (Fsp3) is 0.769. The Morgan fingerprint density at radius 2 is 1.86 bits per heavy atom. The van der Waals surface area contributed by atoms with Gasteiger partial charge in [-0.05, 0) is 12.8 Å². The van der Waals surface area contributed by atoms with E-state index in [9.17, 15) is 14.4 Å². The molecule has 0 aromatic carbocycles. The summed E-state index contributed by atoms with van der Waals surface area (Å²) in [7, 11) is 0. The van der Waals surface area contributed by atoms with Crippen molar-refractivity contribution < 1.29 is 24.6 Å². The molecule has 0 aromatic rings. The Balaban J connectivity index is 2.69. The third-order valence-electron chi connectivity index (χ3n) is 3.62. The van der Waals surface area contributed by atoms with Crippen molar-refractivity contribution in [2.45, 2.75) is 50.6 Å². The van der Waals surface area contributed by atoms with E-state index in [1.54, 1.807) is 0 Å². The first-order valence-electron chi connectivity index (χ1n) is 7.14. The van der Waals surface area contributed by atoms with Crippen molar-refractivity contribution in [1.82, 2.24) is 10.2 Å². The molecule has 0 saturated heterocycles. The second-order valence-corrected chi connectivity index (χ2v) is 5.22. The Morgan fingerprint density at radius 1 is 1.24 bits per heavy atom. The van der Waals surface area contributed by atoms with Gasteiger partial charge in [-0.15, -0.1) is 0 Å². The summed E-state index contributed by atoms with van der Waals surface area (Å²) >= 11 is 0. The van der Waals surface area contributed by atoms with E-state index in [-0.39, 0.29) is 19.2 Å². The normalized spacial score (nSPS) is 17.0. The highest BCUT2D eigenvalue weighted by Gasteiger charge is 2.29. The number of nitrogens with zero attached hydrogens (tertiary/aromatic N) is 1. The van der Waals surface area contributed by atoms with Crippen LogP contribution >= 0.6 is 0 Å². The number of aliphatic carboxylic acids is 1. The van der Waals surface area contributed by atoms with Crippen LogP contribution in [0, 0.1) is 0 Å². The summed E-state index contributed by atoms with van der Waals surface area (Å²) in [5.41, 5.74) is 4.98. The van der Waals surface area contributed by atoms with E-state index in [0.29, 0.717) is 0 Å². The number of rotatable bonds is 7. The van der Waals surface area contributed by atoms with Gasteiger partial charge < -0.3 is 26.2 Å². The average Bonchev–Trinajstić information content (AvgIpc) is 2.44. The molecule has 0 unspecified atom stereocenters. The van der Waals surface area contributed by atoms with E-state index in [1.807, 2.05) is 0 Å². The molecular formula is C13H23N3O5. The predicted molar refractivity (Wildman–Crippen MR) is 74.4 cm³/mol. The maximum Gasteiger partial charge on any atom is 0.326 e. The lowest BCUT2D eigenvalue weighted by atomic mass is 9.94. The Morgan fingerprint density at radius 3 is 2.33 bits per heavy atom. The molecule has 1 fully saturated rings. The van der Waals surface area contributed by atoms with Crippen LogP contribution in [0.25, 0.3) is 0 Å². The van der Waals surface area contributed by atoms with Crippen molar-refractivity contribution in [2.75, 3.05) is 13.2 Å². The van der Waals surface area contributed by atoms with Crippen LogP contribution in [-0.2, 0) is 9.59 Å². The van der Waals surface area contributed by atoms with Gasteiger partial charge in [0.25, 0.3) is 0 Å². The number of carboxylic acids is 1. The lowest BCUT2D eigenvalue weighted by molar-refractivity contribution is -0.141. The van der Waals surface area contributed by atoms with Crippen LogP contribution in [0.1, 0.15) is 38.5 Å². The molecule has 0 heterocycles. The molecule has 1 aliphatic rings. The van der Waals surface area contributed by atoms with Gasteiger partial charge in [-0.1, -0.05) is 19.3 Å². The number of carbonyl (C=O) groups is 3. The Hall–Kier alpha value is -1.83. The quantitative estimate of drug-likeness (QED) is 0.510. The van der Waals surface area contributed by atoms with Crippen molar-refractivity contribution in [2.24, 2.45) is 5.73 Å². The zero-order valence-electron chi connectivity index (χ0n) is 12.0. The molecule has 8 heteroatoms. The summed E-state index contributed by atoms with van der Waals surface area (Å²) in [5.74, 6) is -2.11. The second kappa shape index (κ2) is 8.46. The predicted octanol–water partition coefficient (Wildman–Crippen LogP) is -0.348. The maximum absolute atomic E-state index is 12.2. The fourth-order valence-corrected chi connectivity index (χ4v) is 2.58. The summed E-state index contributed by atoms with van der Waals surface area (Å²) in [6.07, 6.45) is 4.33. The van der Waals surface area contributed by atoms with Gasteiger partial charge in [0.05, 0.1) is 13.0 Å². The average molecular weight is 301 g/mol. The molecule has 1 atom stereocenters. The lowest BCUT2D eigenvalue weighted by Crippen LogP contribution is -2.53. The van der Waals surface area contributed by atoms with Crippen LogP contribution in [0.5, 0.6) is 0 Å². The van der Waals surface area contributed by atoms with Gasteiger partial charge >= 0.3 is 12.0 Å². The molecule has 0 aromatic heterocycles. The molecule has 0 aliphatic heterocycles. The SMILES string of the molecule is NC(=O)C[C@H](NC(=O)N(CCO)C1CCCCC1)C(=O)O. The Labute approximate surface area is 123 Å². The Kier molecular flexibility index (Phi) is 6.93. The molecule has 21 heavy (non-hydrogen) atoms. The number of carboxylic acid groups (broad SMARTS) is 1. The number of aliphatic hydroxyl groups is 1. The topological polar surface area (TPSA) is 133 Å². The van der Waals surface area contributed by atoms with Crippen molar-refractivity contribution in [3.8, 4) is 0 Å². The summed E-state index contributed by atoms with van der Waals surface area (Å²) in [6.45, 7) is -0.0586. The minimum absolute atomic E-state index is 0.00563. The van der Waals surface area contributed by atoms with Gasteiger partial charge in [0, 0.05) is 12.6 Å². The van der Waals surface area contributed by atoms with Gasteiger partial charge in [-0.2, -0.15) is 0 Å². The number of carbonyl (C=O) groups excluding carboxylic acids is 2. The first-order chi connectivity index (χ1) is 9.95. The monoisotopic (exact) mass is 301 g/mol. The molecule has 8 nitrogen and oxygen atoms in total. The number of aliphatic hydroxyl groups excluding tert-OH is 1. The van der Waals surface area contributed by atoms with Crippen LogP contribution < -0.4 is 11.1 Å². The number of primary amides is 1. The van der Waals surface area contributed by atoms with Crippen LogP contribution in [0.15, 0.2) is 0 Å². The van der Waals surface area contributed by atoms with E-state index >= 15 is 0 Å². The highest BCUT2D eigenvalue weighted by atomic mass is 16.4. The molecule has 1 saturated carbocycles. The van der Waals surface area contributed by atoms with E-state index in [4.69, 9.17) is 15.9 Å². The molecule has 0 bridgehead atoms. The summed E-state index contributed by atoms with van der Waals surface area (Å²) < 4.78 is 0. The Bertz CT molecular complexity index is 382. The van der Waals surface area contributed by atoms with Crippen molar-refractivity contribution in [1.29, 1.82) is 0 Å². The van der Waals surface area contributed by atoms with Crippen LogP contribution in [0.2, 0.25) is 0 Å². The fourth-order valence-electron chi connectivity index (χ4n) is 2.58. The number of urea groups is 1. The van der Waals surface area contributed by atoms with Gasteiger partial charge in [0.2, 0.25) is 5.91 Å². The van der Waals surface area contributed by atoms with Crippen molar-refractivity contribution in [3.63, 3.8) is 0 Å². The first kappa shape index (κ1) is 17.2. The van der Waals surface area contributed by atoms with Crippen molar-refractivity contribution >= 4 is 17.9 Å². The number of hydrogen-bond acceptors (Lipinski definition) is 4. The second-order valence-electron chi connectivity index (χ2n) is 5.22. The number of amides is 3. The van der Waals surface area contributed by atoms with Gasteiger partial charge in [0.15, 0.2) is 0 Å². The number of nitrogens with two attached hydrogens (primary N) is 1. The third kappa shape index (κ3) is 5.58. The van der Waals surface area contributed by atoms with Crippen LogP contribution in [0.3, 0.4) is 0 Å². The molecule has 1 rings (SSSR count).